The Hall–Kier alpha value is -2.62. The number of carbonyl (C=O) groups is 2. The van der Waals surface area contributed by atoms with Gasteiger partial charge in [0, 0.05) is 29.9 Å². The van der Waals surface area contributed by atoms with Crippen LogP contribution in [0.4, 0.5) is 5.69 Å². The summed E-state index contributed by atoms with van der Waals surface area (Å²) in [7, 11) is 0. The zero-order valence-corrected chi connectivity index (χ0v) is 17.2. The minimum atomic E-state index is -0.157. The minimum Gasteiger partial charge on any atom is -0.339 e. The van der Waals surface area contributed by atoms with Gasteiger partial charge in [-0.15, -0.1) is 0 Å². The van der Waals surface area contributed by atoms with E-state index in [-0.39, 0.29) is 11.8 Å². The highest BCUT2D eigenvalue weighted by Gasteiger charge is 2.36. The fourth-order valence-electron chi connectivity index (χ4n) is 4.84. The quantitative estimate of drug-likeness (QED) is 0.759. The highest BCUT2D eigenvalue weighted by Crippen LogP contribution is 2.44. The number of likely N-dealkylation sites (tertiary alicyclic amines) is 1. The van der Waals surface area contributed by atoms with E-state index >= 15 is 0 Å². The number of aryl methyl sites for hydroxylation is 1. The van der Waals surface area contributed by atoms with E-state index in [0.29, 0.717) is 22.2 Å². The maximum Gasteiger partial charge on any atom is 0.255 e. The standard InChI is InChI=1S/C25H30N2O2/c1-19-10-11-21(18-22(19)26-23(28)20-8-4-2-5-9-20)24(29)27-16-14-25(15-17-27)12-6-3-7-13-25/h2,4-5,8-11,18H,3,6-7,12-17H2,1H3,(H,26,28). The van der Waals surface area contributed by atoms with Gasteiger partial charge >= 0.3 is 0 Å². The molecule has 0 atom stereocenters. The van der Waals surface area contributed by atoms with Crippen molar-refractivity contribution in [2.45, 2.75) is 51.9 Å². The van der Waals surface area contributed by atoms with Crippen LogP contribution in [0.5, 0.6) is 0 Å². The minimum absolute atomic E-state index is 0.0749. The van der Waals surface area contributed by atoms with Crippen molar-refractivity contribution in [2.24, 2.45) is 5.41 Å². The SMILES string of the molecule is Cc1ccc(C(=O)N2CCC3(CCCCC3)CC2)cc1NC(=O)c1ccccc1. The second-order valence-electron chi connectivity index (χ2n) is 8.70. The number of nitrogens with one attached hydrogen (secondary N) is 1. The third-order valence-corrected chi connectivity index (χ3v) is 6.79. The Morgan fingerprint density at radius 3 is 2.24 bits per heavy atom. The van der Waals surface area contributed by atoms with E-state index in [1.165, 1.54) is 32.1 Å². The van der Waals surface area contributed by atoms with Gasteiger partial charge in [0.2, 0.25) is 0 Å². The molecule has 0 radical (unpaired) electrons. The number of nitrogens with zero attached hydrogens (tertiary/aromatic N) is 1. The summed E-state index contributed by atoms with van der Waals surface area (Å²) in [6, 6.07) is 14.8. The largest absolute Gasteiger partial charge is 0.339 e. The fourth-order valence-corrected chi connectivity index (χ4v) is 4.84. The number of anilines is 1. The molecule has 1 heterocycles. The maximum absolute atomic E-state index is 13.1. The Balaban J connectivity index is 1.44. The molecule has 1 aliphatic heterocycles. The van der Waals surface area contributed by atoms with Gasteiger partial charge in [0.15, 0.2) is 0 Å². The molecule has 0 bridgehead atoms. The van der Waals surface area contributed by atoms with Crippen LogP contribution >= 0.6 is 0 Å². The van der Waals surface area contributed by atoms with Crippen molar-refractivity contribution in [1.29, 1.82) is 0 Å². The molecule has 152 valence electrons. The van der Waals surface area contributed by atoms with E-state index in [0.717, 1.165) is 31.5 Å². The number of benzene rings is 2. The summed E-state index contributed by atoms with van der Waals surface area (Å²) in [6.07, 6.45) is 8.97. The van der Waals surface area contributed by atoms with E-state index in [4.69, 9.17) is 0 Å². The van der Waals surface area contributed by atoms with Crippen LogP contribution in [0.15, 0.2) is 48.5 Å². The van der Waals surface area contributed by atoms with Gasteiger partial charge in [-0.1, -0.05) is 43.5 Å². The summed E-state index contributed by atoms with van der Waals surface area (Å²) < 4.78 is 0. The molecular formula is C25H30N2O2. The molecule has 1 saturated carbocycles. The van der Waals surface area contributed by atoms with Gasteiger partial charge in [0.05, 0.1) is 0 Å². The molecule has 0 aromatic heterocycles. The molecule has 2 aliphatic rings. The van der Waals surface area contributed by atoms with Gasteiger partial charge in [0.1, 0.15) is 0 Å². The van der Waals surface area contributed by atoms with Crippen molar-refractivity contribution >= 4 is 17.5 Å². The number of rotatable bonds is 3. The first-order valence-corrected chi connectivity index (χ1v) is 10.8. The van der Waals surface area contributed by atoms with Crippen LogP contribution in [0.3, 0.4) is 0 Å². The van der Waals surface area contributed by atoms with Crippen molar-refractivity contribution in [2.75, 3.05) is 18.4 Å². The van der Waals surface area contributed by atoms with Gasteiger partial charge in [-0.25, -0.2) is 0 Å². The van der Waals surface area contributed by atoms with E-state index in [2.05, 4.69) is 5.32 Å². The lowest BCUT2D eigenvalue weighted by atomic mass is 9.68. The van der Waals surface area contributed by atoms with Gasteiger partial charge in [0.25, 0.3) is 11.8 Å². The van der Waals surface area contributed by atoms with Crippen LogP contribution in [-0.2, 0) is 0 Å². The zero-order valence-electron chi connectivity index (χ0n) is 17.2. The first kappa shape index (κ1) is 19.7. The number of carbonyl (C=O) groups excluding carboxylic acids is 2. The van der Waals surface area contributed by atoms with Crippen molar-refractivity contribution in [3.8, 4) is 0 Å². The molecule has 4 heteroatoms. The molecule has 4 nitrogen and oxygen atoms in total. The molecule has 0 unspecified atom stereocenters. The van der Waals surface area contributed by atoms with E-state index in [1.807, 2.05) is 48.2 Å². The average molecular weight is 391 g/mol. The Kier molecular flexibility index (Phi) is 5.70. The monoisotopic (exact) mass is 390 g/mol. The van der Waals surface area contributed by atoms with E-state index in [1.54, 1.807) is 12.1 Å². The van der Waals surface area contributed by atoms with E-state index in [9.17, 15) is 9.59 Å². The van der Waals surface area contributed by atoms with Gasteiger partial charge in [-0.2, -0.15) is 0 Å². The first-order valence-electron chi connectivity index (χ1n) is 10.8. The topological polar surface area (TPSA) is 49.4 Å². The van der Waals surface area contributed by atoms with E-state index < -0.39 is 0 Å². The highest BCUT2D eigenvalue weighted by molar-refractivity contribution is 6.05. The number of hydrogen-bond donors (Lipinski definition) is 1. The van der Waals surface area contributed by atoms with Crippen LogP contribution in [0.1, 0.15) is 71.2 Å². The zero-order chi connectivity index (χ0) is 20.3. The molecule has 1 saturated heterocycles. The summed E-state index contributed by atoms with van der Waals surface area (Å²) in [5, 5.41) is 2.96. The normalized spacial score (nSPS) is 18.4. The smallest absolute Gasteiger partial charge is 0.255 e. The molecule has 2 amide bonds. The number of piperidine rings is 1. The third-order valence-electron chi connectivity index (χ3n) is 6.79. The van der Waals surface area contributed by atoms with Crippen LogP contribution in [0, 0.1) is 12.3 Å². The van der Waals surface area contributed by atoms with Gasteiger partial charge in [-0.05, 0) is 67.9 Å². The average Bonchev–Trinajstić information content (AvgIpc) is 2.76. The first-order chi connectivity index (χ1) is 14.1. The molecule has 2 aromatic carbocycles. The van der Waals surface area contributed by atoms with Gasteiger partial charge < -0.3 is 10.2 Å². The Bertz CT molecular complexity index is 875. The van der Waals surface area contributed by atoms with Crippen LogP contribution in [0.2, 0.25) is 0 Å². The van der Waals surface area contributed by atoms with Crippen molar-refractivity contribution in [3.63, 3.8) is 0 Å². The lowest BCUT2D eigenvalue weighted by Crippen LogP contribution is -2.43. The highest BCUT2D eigenvalue weighted by atomic mass is 16.2. The van der Waals surface area contributed by atoms with Gasteiger partial charge in [-0.3, -0.25) is 9.59 Å². The van der Waals surface area contributed by atoms with Crippen LogP contribution in [-0.4, -0.2) is 29.8 Å². The number of hydrogen-bond acceptors (Lipinski definition) is 2. The lowest BCUT2D eigenvalue weighted by Gasteiger charge is -2.44. The Labute approximate surface area is 173 Å². The molecule has 1 spiro atoms. The number of amides is 2. The second-order valence-corrected chi connectivity index (χ2v) is 8.70. The second kappa shape index (κ2) is 8.40. The van der Waals surface area contributed by atoms with Crippen molar-refractivity contribution in [3.05, 3.63) is 65.2 Å². The molecule has 2 aromatic rings. The van der Waals surface area contributed by atoms with Crippen LogP contribution in [0.25, 0.3) is 0 Å². The molecule has 1 N–H and O–H groups in total. The summed E-state index contributed by atoms with van der Waals surface area (Å²) in [4.78, 5) is 27.6. The third kappa shape index (κ3) is 4.36. The van der Waals surface area contributed by atoms with Crippen molar-refractivity contribution in [1.82, 2.24) is 4.90 Å². The Morgan fingerprint density at radius 1 is 0.862 bits per heavy atom. The summed E-state index contributed by atoms with van der Waals surface area (Å²) in [5.74, 6) is -0.0821. The fraction of sp³-hybridized carbons (Fsp3) is 0.440. The lowest BCUT2D eigenvalue weighted by molar-refractivity contribution is 0.0472. The maximum atomic E-state index is 13.1. The van der Waals surface area contributed by atoms with Crippen molar-refractivity contribution < 1.29 is 9.59 Å². The summed E-state index contributed by atoms with van der Waals surface area (Å²) in [6.45, 7) is 3.64. The Morgan fingerprint density at radius 2 is 1.55 bits per heavy atom. The molecule has 2 fully saturated rings. The molecular weight excluding hydrogens is 360 g/mol. The predicted molar refractivity (Wildman–Crippen MR) is 116 cm³/mol. The summed E-state index contributed by atoms with van der Waals surface area (Å²) in [5.41, 5.74) is 3.39. The predicted octanol–water partition coefficient (Wildman–Crippen LogP) is 5.43. The molecule has 1 aliphatic carbocycles. The summed E-state index contributed by atoms with van der Waals surface area (Å²) >= 11 is 0. The van der Waals surface area contributed by atoms with Crippen LogP contribution < -0.4 is 5.32 Å². The molecule has 4 rings (SSSR count). The molecule has 29 heavy (non-hydrogen) atoms.